The Morgan fingerprint density at radius 3 is 2.58 bits per heavy atom. The van der Waals surface area contributed by atoms with Crippen molar-refractivity contribution in [2.45, 2.75) is 6.92 Å². The summed E-state index contributed by atoms with van der Waals surface area (Å²) in [5.74, 6) is -0.158. The number of anilines is 1. The molecule has 3 heterocycles. The van der Waals surface area contributed by atoms with E-state index < -0.39 is 5.56 Å². The van der Waals surface area contributed by atoms with Crippen LogP contribution in [0.2, 0.25) is 5.02 Å². The normalized spacial score (nSPS) is 11.3. The smallest absolute Gasteiger partial charge is 0.278 e. The third kappa shape index (κ3) is 3.35. The highest BCUT2D eigenvalue weighted by Crippen LogP contribution is 2.37. The number of rotatable bonds is 3. The van der Waals surface area contributed by atoms with E-state index in [0.29, 0.717) is 21.1 Å². The molecule has 3 aromatic heterocycles. The van der Waals surface area contributed by atoms with Crippen LogP contribution in [-0.4, -0.2) is 24.9 Å². The Hall–Kier alpha value is -3.62. The maximum atomic E-state index is 12.6. The predicted molar refractivity (Wildman–Crippen MR) is 124 cm³/mol. The number of thiazole rings is 1. The van der Waals surface area contributed by atoms with E-state index in [1.54, 1.807) is 24.5 Å². The first-order valence-electron chi connectivity index (χ1n) is 9.32. The van der Waals surface area contributed by atoms with Crippen LogP contribution in [0.4, 0.5) is 5.13 Å². The number of pyridine rings is 1. The highest BCUT2D eigenvalue weighted by atomic mass is 35.5. The van der Waals surface area contributed by atoms with Gasteiger partial charge in [0.15, 0.2) is 16.6 Å². The molecule has 5 aromatic rings. The number of nitrogens with one attached hydrogen (secondary N) is 1. The number of nitrogens with two attached hydrogens (primary N) is 1. The first kappa shape index (κ1) is 19.3. The van der Waals surface area contributed by atoms with Gasteiger partial charge >= 0.3 is 0 Å². The number of aromatic hydroxyl groups is 1. The van der Waals surface area contributed by atoms with Crippen molar-refractivity contribution < 1.29 is 5.11 Å². The summed E-state index contributed by atoms with van der Waals surface area (Å²) in [6.45, 7) is 1.86. The molecule has 0 saturated heterocycles. The van der Waals surface area contributed by atoms with Gasteiger partial charge in [-0.25, -0.2) is 9.67 Å². The molecule has 0 unspecified atom stereocenters. The van der Waals surface area contributed by atoms with Gasteiger partial charge in [-0.05, 0) is 30.2 Å². The number of fused-ring (bicyclic) bond motifs is 1. The molecule has 0 aliphatic heterocycles. The lowest BCUT2D eigenvalue weighted by Gasteiger charge is -2.11. The minimum Gasteiger partial charge on any atom is -0.505 e. The van der Waals surface area contributed by atoms with Gasteiger partial charge in [-0.15, -0.1) is 11.3 Å². The third-order valence-corrected chi connectivity index (χ3v) is 5.99. The Bertz CT molecular complexity index is 1500. The summed E-state index contributed by atoms with van der Waals surface area (Å²) in [4.78, 5) is 19.6. The lowest BCUT2D eigenvalue weighted by Crippen LogP contribution is -2.15. The number of nitrogen functional groups attached to an aromatic ring is 1. The average molecular weight is 450 g/mol. The number of halogens is 1. The molecule has 2 aromatic carbocycles. The van der Waals surface area contributed by atoms with Gasteiger partial charge in [0.2, 0.25) is 0 Å². The SMILES string of the molecule is Cc1cnn(-c2c(O)c3cc(-c4ccc(-c5csc(N)n5)cc4)c(Cl)cc3[nH]c2=O)c1. The fraction of sp³-hybridized carbons (Fsp3) is 0.0455. The molecule has 0 atom stereocenters. The summed E-state index contributed by atoms with van der Waals surface area (Å²) in [7, 11) is 0. The van der Waals surface area contributed by atoms with Crippen LogP contribution in [0.1, 0.15) is 5.56 Å². The molecular weight excluding hydrogens is 434 g/mol. The number of hydrogen-bond donors (Lipinski definition) is 3. The maximum absolute atomic E-state index is 12.6. The van der Waals surface area contributed by atoms with Crippen molar-refractivity contribution in [3.63, 3.8) is 0 Å². The fourth-order valence-electron chi connectivity index (χ4n) is 3.50. The first-order valence-corrected chi connectivity index (χ1v) is 10.6. The van der Waals surface area contributed by atoms with Crippen molar-refractivity contribution in [2.24, 2.45) is 0 Å². The van der Waals surface area contributed by atoms with E-state index in [9.17, 15) is 9.90 Å². The maximum Gasteiger partial charge on any atom is 0.278 e. The second-order valence-electron chi connectivity index (χ2n) is 7.14. The van der Waals surface area contributed by atoms with Gasteiger partial charge in [0.1, 0.15) is 0 Å². The minimum absolute atomic E-state index is 0.0605. The van der Waals surface area contributed by atoms with Gasteiger partial charge in [0.25, 0.3) is 5.56 Å². The van der Waals surface area contributed by atoms with E-state index in [-0.39, 0.29) is 11.4 Å². The van der Waals surface area contributed by atoms with Gasteiger partial charge in [0, 0.05) is 28.1 Å². The standard InChI is InChI=1S/C22H16ClN5O2S/c1-11-8-25-28(9-11)19-20(29)15-6-14(16(23)7-17(15)26-21(19)30)12-2-4-13(5-3-12)18-10-31-22(24)27-18/h2-10H,1H3,(H2,24,27)(H2,26,29,30). The average Bonchev–Trinajstić information content (AvgIpc) is 3.36. The lowest BCUT2D eigenvalue weighted by atomic mass is 10.0. The van der Waals surface area contributed by atoms with Crippen molar-refractivity contribution in [1.29, 1.82) is 0 Å². The van der Waals surface area contributed by atoms with Crippen LogP contribution in [-0.2, 0) is 0 Å². The molecular formula is C22H16ClN5O2S. The van der Waals surface area contributed by atoms with Crippen LogP contribution < -0.4 is 11.3 Å². The van der Waals surface area contributed by atoms with E-state index in [4.69, 9.17) is 17.3 Å². The van der Waals surface area contributed by atoms with Crippen molar-refractivity contribution in [2.75, 3.05) is 5.73 Å². The lowest BCUT2D eigenvalue weighted by molar-refractivity contribution is 0.475. The van der Waals surface area contributed by atoms with Gasteiger partial charge in [-0.3, -0.25) is 4.79 Å². The molecule has 154 valence electrons. The number of hydrogen-bond acceptors (Lipinski definition) is 6. The summed E-state index contributed by atoms with van der Waals surface area (Å²) < 4.78 is 1.37. The number of aromatic amines is 1. The molecule has 4 N–H and O–H groups in total. The van der Waals surface area contributed by atoms with Crippen LogP contribution in [0.25, 0.3) is 39.0 Å². The highest BCUT2D eigenvalue weighted by Gasteiger charge is 2.17. The number of benzene rings is 2. The summed E-state index contributed by atoms with van der Waals surface area (Å²) in [6, 6.07) is 11.1. The van der Waals surface area contributed by atoms with Crippen LogP contribution in [0.15, 0.2) is 59.0 Å². The van der Waals surface area contributed by atoms with Gasteiger partial charge in [0.05, 0.1) is 22.4 Å². The molecule has 0 amide bonds. The minimum atomic E-state index is -0.455. The zero-order chi connectivity index (χ0) is 21.7. The van der Waals surface area contributed by atoms with E-state index in [1.165, 1.54) is 16.0 Å². The van der Waals surface area contributed by atoms with E-state index in [1.807, 2.05) is 36.6 Å². The second-order valence-corrected chi connectivity index (χ2v) is 8.44. The predicted octanol–water partition coefficient (Wildman–Crippen LogP) is 4.75. The number of H-pyrrole nitrogens is 1. The Morgan fingerprint density at radius 1 is 1.19 bits per heavy atom. The zero-order valence-electron chi connectivity index (χ0n) is 16.3. The van der Waals surface area contributed by atoms with Gasteiger partial charge in [-0.1, -0.05) is 35.9 Å². The monoisotopic (exact) mass is 449 g/mol. The number of aromatic nitrogens is 4. The van der Waals surface area contributed by atoms with E-state index in [2.05, 4.69) is 15.1 Å². The van der Waals surface area contributed by atoms with Crippen LogP contribution in [0.3, 0.4) is 0 Å². The van der Waals surface area contributed by atoms with Gasteiger partial charge in [-0.2, -0.15) is 5.10 Å². The molecule has 9 heteroatoms. The summed E-state index contributed by atoms with van der Waals surface area (Å²) >= 11 is 7.90. The van der Waals surface area contributed by atoms with Crippen LogP contribution in [0.5, 0.6) is 5.75 Å². The van der Waals surface area contributed by atoms with Crippen LogP contribution >= 0.6 is 22.9 Å². The van der Waals surface area contributed by atoms with Crippen molar-refractivity contribution in [3.8, 4) is 33.8 Å². The molecule has 0 saturated carbocycles. The van der Waals surface area contributed by atoms with Crippen LogP contribution in [0, 0.1) is 6.92 Å². The molecule has 0 spiro atoms. The van der Waals surface area contributed by atoms with Crippen molar-refractivity contribution in [3.05, 3.63) is 75.1 Å². The largest absolute Gasteiger partial charge is 0.505 e. The Kier molecular flexibility index (Phi) is 4.53. The fourth-order valence-corrected chi connectivity index (χ4v) is 4.34. The molecule has 0 aliphatic rings. The van der Waals surface area contributed by atoms with E-state index >= 15 is 0 Å². The number of aryl methyl sites for hydroxylation is 1. The highest BCUT2D eigenvalue weighted by molar-refractivity contribution is 7.13. The molecule has 5 rings (SSSR count). The molecule has 0 radical (unpaired) electrons. The molecule has 31 heavy (non-hydrogen) atoms. The van der Waals surface area contributed by atoms with E-state index in [0.717, 1.165) is 27.9 Å². The van der Waals surface area contributed by atoms with Gasteiger partial charge < -0.3 is 15.8 Å². The Labute approximate surface area is 185 Å². The quantitative estimate of drug-likeness (QED) is 0.368. The second kappa shape index (κ2) is 7.26. The zero-order valence-corrected chi connectivity index (χ0v) is 17.8. The third-order valence-electron chi connectivity index (χ3n) is 5.00. The number of nitrogens with zero attached hydrogens (tertiary/aromatic N) is 3. The summed E-state index contributed by atoms with van der Waals surface area (Å²) in [6.07, 6.45) is 3.30. The molecule has 0 fully saturated rings. The molecule has 0 aliphatic carbocycles. The molecule has 7 nitrogen and oxygen atoms in total. The first-order chi connectivity index (χ1) is 14.9. The molecule has 0 bridgehead atoms. The van der Waals surface area contributed by atoms with Crippen molar-refractivity contribution >= 4 is 39.0 Å². The Morgan fingerprint density at radius 2 is 1.94 bits per heavy atom. The van der Waals surface area contributed by atoms with Crippen molar-refractivity contribution in [1.82, 2.24) is 19.7 Å². The topological polar surface area (TPSA) is 110 Å². The summed E-state index contributed by atoms with van der Waals surface area (Å²) in [5.41, 5.74) is 9.99. The summed E-state index contributed by atoms with van der Waals surface area (Å²) in [5, 5.41) is 18.4. The Balaban J connectivity index is 1.64.